The maximum atomic E-state index is 13.1. The van der Waals surface area contributed by atoms with Crippen LogP contribution in [0.5, 0.6) is 11.5 Å². The Kier molecular flexibility index (Phi) is 8.74. The molecule has 0 aliphatic heterocycles. The summed E-state index contributed by atoms with van der Waals surface area (Å²) in [6, 6.07) is 5.02. The van der Waals surface area contributed by atoms with Gasteiger partial charge < -0.3 is 19.7 Å². The third-order valence-corrected chi connectivity index (χ3v) is 4.87. The maximum absolute atomic E-state index is 13.1. The first kappa shape index (κ1) is 21.7. The number of carbonyl (C=O) groups is 2. The Morgan fingerprint density at radius 3 is 2.39 bits per heavy atom. The second-order valence-electron chi connectivity index (χ2n) is 6.27. The van der Waals surface area contributed by atoms with Crippen LogP contribution in [0.2, 0.25) is 0 Å². The van der Waals surface area contributed by atoms with Gasteiger partial charge in [0.1, 0.15) is 18.0 Å². The summed E-state index contributed by atoms with van der Waals surface area (Å²) < 4.78 is 10.5. The number of amides is 2. The van der Waals surface area contributed by atoms with E-state index in [2.05, 4.69) is 17.2 Å². The van der Waals surface area contributed by atoms with Crippen LogP contribution in [0.25, 0.3) is 0 Å². The van der Waals surface area contributed by atoms with Gasteiger partial charge in [0.2, 0.25) is 5.91 Å². The molecule has 0 saturated carbocycles. The molecule has 28 heavy (non-hydrogen) atoms. The highest BCUT2D eigenvalue weighted by Gasteiger charge is 2.20. The van der Waals surface area contributed by atoms with Crippen LogP contribution in [-0.2, 0) is 4.79 Å². The number of rotatable bonds is 11. The number of hydrogen-bond acceptors (Lipinski definition) is 6. The molecule has 7 nitrogen and oxygen atoms in total. The number of unbranched alkanes of at least 4 members (excludes halogenated alkanes) is 3. The van der Waals surface area contributed by atoms with E-state index < -0.39 is 0 Å². The van der Waals surface area contributed by atoms with Gasteiger partial charge in [0.05, 0.1) is 14.2 Å². The van der Waals surface area contributed by atoms with Crippen LogP contribution >= 0.6 is 11.3 Å². The van der Waals surface area contributed by atoms with Crippen LogP contribution in [0.3, 0.4) is 0 Å². The van der Waals surface area contributed by atoms with Gasteiger partial charge in [-0.25, -0.2) is 4.98 Å². The number of nitrogens with one attached hydrogen (secondary N) is 1. The van der Waals surface area contributed by atoms with Crippen LogP contribution in [0, 0.1) is 0 Å². The van der Waals surface area contributed by atoms with Crippen molar-refractivity contribution in [3.8, 4) is 11.5 Å². The Bertz CT molecular complexity index is 743. The summed E-state index contributed by atoms with van der Waals surface area (Å²) in [6.45, 7) is 2.60. The van der Waals surface area contributed by atoms with Gasteiger partial charge in [0.15, 0.2) is 5.13 Å². The smallest absolute Gasteiger partial charge is 0.254 e. The molecule has 2 amide bonds. The molecule has 0 aliphatic carbocycles. The van der Waals surface area contributed by atoms with Crippen LogP contribution in [0.4, 0.5) is 5.13 Å². The molecule has 0 bridgehead atoms. The lowest BCUT2D eigenvalue weighted by Crippen LogP contribution is -2.38. The molecule has 0 aliphatic rings. The maximum Gasteiger partial charge on any atom is 0.254 e. The van der Waals surface area contributed by atoms with Crippen molar-refractivity contribution in [2.75, 3.05) is 32.6 Å². The number of ether oxygens (including phenoxy) is 2. The molecular weight excluding hydrogens is 378 g/mol. The highest BCUT2D eigenvalue weighted by atomic mass is 32.1. The van der Waals surface area contributed by atoms with Crippen molar-refractivity contribution in [2.45, 2.75) is 32.6 Å². The zero-order valence-corrected chi connectivity index (χ0v) is 17.4. The zero-order chi connectivity index (χ0) is 20.4. The predicted molar refractivity (Wildman–Crippen MR) is 110 cm³/mol. The number of thiazole rings is 1. The van der Waals surface area contributed by atoms with Gasteiger partial charge in [-0.1, -0.05) is 26.2 Å². The topological polar surface area (TPSA) is 80.8 Å². The highest BCUT2D eigenvalue weighted by Crippen LogP contribution is 2.23. The standard InChI is InChI=1S/C20H27N3O4S/c1-4-5-6-7-9-23(14-18(24)22-20-21-8-10-28-20)19(25)15-11-16(26-2)13-17(12-15)27-3/h8,10-13H,4-7,9,14H2,1-3H3,(H,21,22,24). The SMILES string of the molecule is CCCCCCN(CC(=O)Nc1nccs1)C(=O)c1cc(OC)cc(OC)c1. The van der Waals surface area contributed by atoms with Crippen molar-refractivity contribution < 1.29 is 19.1 Å². The third-order valence-electron chi connectivity index (χ3n) is 4.18. The van der Waals surface area contributed by atoms with Crippen LogP contribution < -0.4 is 14.8 Å². The summed E-state index contributed by atoms with van der Waals surface area (Å²) in [5.74, 6) is 0.554. The minimum absolute atomic E-state index is 0.0376. The van der Waals surface area contributed by atoms with Gasteiger partial charge in [-0.15, -0.1) is 11.3 Å². The molecule has 0 unspecified atom stereocenters. The van der Waals surface area contributed by atoms with Crippen molar-refractivity contribution in [3.63, 3.8) is 0 Å². The number of methoxy groups -OCH3 is 2. The lowest BCUT2D eigenvalue weighted by atomic mass is 10.1. The van der Waals surface area contributed by atoms with Crippen molar-refractivity contribution in [2.24, 2.45) is 0 Å². The van der Waals surface area contributed by atoms with Gasteiger partial charge in [-0.05, 0) is 18.6 Å². The second kappa shape index (κ2) is 11.3. The molecule has 2 aromatic rings. The quantitative estimate of drug-likeness (QED) is 0.575. The Morgan fingerprint density at radius 2 is 1.82 bits per heavy atom. The molecule has 8 heteroatoms. The minimum atomic E-state index is -0.270. The van der Waals surface area contributed by atoms with Crippen molar-refractivity contribution in [1.82, 2.24) is 9.88 Å². The van der Waals surface area contributed by atoms with E-state index in [1.165, 1.54) is 25.6 Å². The van der Waals surface area contributed by atoms with Gasteiger partial charge in [-0.2, -0.15) is 0 Å². The predicted octanol–water partition coefficient (Wildman–Crippen LogP) is 3.82. The molecule has 0 fully saturated rings. The van der Waals surface area contributed by atoms with Gasteiger partial charge in [-0.3, -0.25) is 9.59 Å². The molecule has 1 aromatic carbocycles. The monoisotopic (exact) mass is 405 g/mol. The van der Waals surface area contributed by atoms with Gasteiger partial charge >= 0.3 is 0 Å². The number of anilines is 1. The fourth-order valence-electron chi connectivity index (χ4n) is 2.71. The number of nitrogens with zero attached hydrogens (tertiary/aromatic N) is 2. The molecule has 1 aromatic heterocycles. The molecule has 1 heterocycles. The largest absolute Gasteiger partial charge is 0.497 e. The van der Waals surface area contributed by atoms with E-state index in [1.807, 2.05) is 0 Å². The Hall–Kier alpha value is -2.61. The fourth-order valence-corrected chi connectivity index (χ4v) is 3.26. The first-order valence-corrected chi connectivity index (χ1v) is 10.2. The molecular formula is C20H27N3O4S. The minimum Gasteiger partial charge on any atom is -0.497 e. The molecule has 1 N–H and O–H groups in total. The first-order valence-electron chi connectivity index (χ1n) is 9.29. The summed E-state index contributed by atoms with van der Waals surface area (Å²) in [6.07, 6.45) is 5.67. The van der Waals surface area contributed by atoms with E-state index in [1.54, 1.807) is 34.7 Å². The normalized spacial score (nSPS) is 10.4. The summed E-state index contributed by atoms with van der Waals surface area (Å²) >= 11 is 1.34. The number of aromatic nitrogens is 1. The molecule has 2 rings (SSSR count). The average molecular weight is 406 g/mol. The van der Waals surface area contributed by atoms with Gasteiger partial charge in [0.25, 0.3) is 5.91 Å². The Morgan fingerprint density at radius 1 is 1.11 bits per heavy atom. The van der Waals surface area contributed by atoms with E-state index in [0.29, 0.717) is 28.7 Å². The zero-order valence-electron chi connectivity index (χ0n) is 16.6. The van der Waals surface area contributed by atoms with Crippen molar-refractivity contribution >= 4 is 28.3 Å². The lowest BCUT2D eigenvalue weighted by molar-refractivity contribution is -0.116. The molecule has 0 spiro atoms. The van der Waals surface area contributed by atoms with E-state index in [-0.39, 0.29) is 18.4 Å². The van der Waals surface area contributed by atoms with Crippen LogP contribution in [0.1, 0.15) is 43.0 Å². The summed E-state index contributed by atoms with van der Waals surface area (Å²) in [5.41, 5.74) is 0.425. The summed E-state index contributed by atoms with van der Waals surface area (Å²) in [5, 5.41) is 5.03. The summed E-state index contributed by atoms with van der Waals surface area (Å²) in [7, 11) is 3.07. The Labute approximate surface area is 169 Å². The summed E-state index contributed by atoms with van der Waals surface area (Å²) in [4.78, 5) is 31.1. The molecule has 0 saturated heterocycles. The fraction of sp³-hybridized carbons (Fsp3) is 0.450. The van der Waals surface area contributed by atoms with E-state index in [0.717, 1.165) is 25.7 Å². The lowest BCUT2D eigenvalue weighted by Gasteiger charge is -2.22. The van der Waals surface area contributed by atoms with Crippen LogP contribution in [0.15, 0.2) is 29.8 Å². The van der Waals surface area contributed by atoms with E-state index in [9.17, 15) is 9.59 Å². The number of hydrogen-bond donors (Lipinski definition) is 1. The molecule has 152 valence electrons. The second-order valence-corrected chi connectivity index (χ2v) is 7.17. The van der Waals surface area contributed by atoms with Crippen LogP contribution in [-0.4, -0.2) is 49.0 Å². The average Bonchev–Trinajstić information content (AvgIpc) is 3.22. The van der Waals surface area contributed by atoms with Crippen molar-refractivity contribution in [3.05, 3.63) is 35.3 Å². The molecule has 0 radical (unpaired) electrons. The van der Waals surface area contributed by atoms with E-state index in [4.69, 9.17) is 9.47 Å². The Balaban J connectivity index is 2.14. The highest BCUT2D eigenvalue weighted by molar-refractivity contribution is 7.13. The number of benzene rings is 1. The molecule has 0 atom stereocenters. The van der Waals surface area contributed by atoms with E-state index >= 15 is 0 Å². The first-order chi connectivity index (χ1) is 13.6. The third kappa shape index (κ3) is 6.53. The van der Waals surface area contributed by atoms with Gasteiger partial charge in [0, 0.05) is 29.8 Å². The number of carbonyl (C=O) groups excluding carboxylic acids is 2. The van der Waals surface area contributed by atoms with Crippen molar-refractivity contribution in [1.29, 1.82) is 0 Å².